The summed E-state index contributed by atoms with van der Waals surface area (Å²) in [6.07, 6.45) is 3.97. The molecule has 2 aliphatic heterocycles. The Morgan fingerprint density at radius 1 is 1.26 bits per heavy atom. The summed E-state index contributed by atoms with van der Waals surface area (Å²) < 4.78 is 5.30. The van der Waals surface area contributed by atoms with Gasteiger partial charge in [-0.2, -0.15) is 0 Å². The normalized spacial score (nSPS) is 19.8. The molecule has 0 unspecified atom stereocenters. The van der Waals surface area contributed by atoms with Crippen LogP contribution in [0.1, 0.15) is 17.5 Å². The van der Waals surface area contributed by atoms with Crippen LogP contribution in [0.25, 0.3) is 5.70 Å². The van der Waals surface area contributed by atoms with E-state index in [1.807, 2.05) is 12.4 Å². The third kappa shape index (κ3) is 1.52. The highest BCUT2D eigenvalue weighted by Crippen LogP contribution is 2.37. The number of fused-ring (bicyclic) bond motifs is 4. The molecule has 0 amide bonds. The molecule has 0 aromatic heterocycles. The monoisotopic (exact) mass is 253 g/mol. The summed E-state index contributed by atoms with van der Waals surface area (Å²) in [7, 11) is 1.71. The fraction of sp³-hybridized carbons (Fsp3) is 0.333. The second kappa shape index (κ2) is 3.95. The molecule has 0 saturated heterocycles. The lowest BCUT2D eigenvalue weighted by atomic mass is 9.88. The molecule has 0 fully saturated rings. The van der Waals surface area contributed by atoms with Gasteiger partial charge in [0, 0.05) is 17.7 Å². The second-order valence-corrected chi connectivity index (χ2v) is 4.99. The molecule has 4 rings (SSSR count). The van der Waals surface area contributed by atoms with Gasteiger partial charge in [0.15, 0.2) is 0 Å². The van der Waals surface area contributed by atoms with E-state index in [0.29, 0.717) is 0 Å². The minimum Gasteiger partial charge on any atom is -0.497 e. The molecule has 0 saturated carbocycles. The minimum absolute atomic E-state index is 0.883. The van der Waals surface area contributed by atoms with Crippen LogP contribution in [0.5, 0.6) is 5.75 Å². The van der Waals surface area contributed by atoms with Gasteiger partial charge in [-0.3, -0.25) is 4.99 Å². The summed E-state index contributed by atoms with van der Waals surface area (Å²) in [5.74, 6) is 2.05. The zero-order valence-electron chi connectivity index (χ0n) is 10.9. The lowest BCUT2D eigenvalue weighted by Gasteiger charge is -2.28. The van der Waals surface area contributed by atoms with Crippen LogP contribution in [-0.2, 0) is 6.42 Å². The van der Waals surface area contributed by atoms with Crippen LogP contribution in [-0.4, -0.2) is 37.3 Å². The first-order valence-electron chi connectivity index (χ1n) is 6.63. The molecule has 19 heavy (non-hydrogen) atoms. The summed E-state index contributed by atoms with van der Waals surface area (Å²) >= 11 is 0. The van der Waals surface area contributed by atoms with Crippen molar-refractivity contribution in [1.82, 2.24) is 4.90 Å². The Hall–Kier alpha value is -2.10. The summed E-state index contributed by atoms with van der Waals surface area (Å²) in [5, 5.41) is 0. The number of ether oxygens (including phenoxy) is 1. The maximum absolute atomic E-state index is 5.30. The molecule has 0 atom stereocenters. The highest BCUT2D eigenvalue weighted by Gasteiger charge is 2.29. The maximum atomic E-state index is 5.30. The van der Waals surface area contributed by atoms with Crippen molar-refractivity contribution in [3.63, 3.8) is 0 Å². The van der Waals surface area contributed by atoms with Crippen LogP contribution in [0.3, 0.4) is 0 Å². The number of amidine groups is 1. The molecule has 4 nitrogen and oxygen atoms in total. The van der Waals surface area contributed by atoms with Crippen molar-refractivity contribution in [3.05, 3.63) is 34.9 Å². The Labute approximate surface area is 112 Å². The molecule has 96 valence electrons. The van der Waals surface area contributed by atoms with Gasteiger partial charge < -0.3 is 9.64 Å². The number of aliphatic imine (C=N–C) groups is 2. The van der Waals surface area contributed by atoms with Gasteiger partial charge in [0.1, 0.15) is 11.6 Å². The SMILES string of the molecule is COc1ccc2c(c1)CCC1=C2N=CN2CCN=C12. The molecule has 2 heterocycles. The minimum atomic E-state index is 0.883. The quantitative estimate of drug-likeness (QED) is 0.768. The van der Waals surface area contributed by atoms with Crippen molar-refractivity contribution in [3.8, 4) is 5.75 Å². The third-order valence-corrected chi connectivity index (χ3v) is 3.97. The van der Waals surface area contributed by atoms with Crippen molar-refractivity contribution in [2.24, 2.45) is 9.98 Å². The highest BCUT2D eigenvalue weighted by atomic mass is 16.5. The van der Waals surface area contributed by atoms with E-state index in [0.717, 1.165) is 43.2 Å². The molecule has 3 aliphatic rings. The number of rotatable bonds is 1. The molecule has 1 aromatic rings. The van der Waals surface area contributed by atoms with E-state index in [4.69, 9.17) is 4.74 Å². The Morgan fingerprint density at radius 2 is 2.21 bits per heavy atom. The summed E-state index contributed by atoms with van der Waals surface area (Å²) in [5.41, 5.74) is 4.95. The summed E-state index contributed by atoms with van der Waals surface area (Å²) in [4.78, 5) is 11.4. The summed E-state index contributed by atoms with van der Waals surface area (Å²) in [6, 6.07) is 6.25. The molecule has 1 aliphatic carbocycles. The molecule has 0 bridgehead atoms. The van der Waals surface area contributed by atoms with Gasteiger partial charge in [-0.1, -0.05) is 0 Å². The highest BCUT2D eigenvalue weighted by molar-refractivity contribution is 6.13. The smallest absolute Gasteiger partial charge is 0.134 e. The van der Waals surface area contributed by atoms with Crippen molar-refractivity contribution < 1.29 is 4.74 Å². The van der Waals surface area contributed by atoms with Gasteiger partial charge in [-0.05, 0) is 36.6 Å². The molecule has 0 spiro atoms. The van der Waals surface area contributed by atoms with Crippen molar-refractivity contribution >= 4 is 17.9 Å². The first-order chi connectivity index (χ1) is 9.36. The van der Waals surface area contributed by atoms with Crippen molar-refractivity contribution in [2.75, 3.05) is 20.2 Å². The Balaban J connectivity index is 1.86. The largest absolute Gasteiger partial charge is 0.497 e. The molecule has 4 heteroatoms. The summed E-state index contributed by atoms with van der Waals surface area (Å²) in [6.45, 7) is 1.85. The van der Waals surface area contributed by atoms with Crippen LogP contribution in [0, 0.1) is 0 Å². The van der Waals surface area contributed by atoms with Crippen LogP contribution in [0.15, 0.2) is 33.8 Å². The van der Waals surface area contributed by atoms with E-state index >= 15 is 0 Å². The Bertz CT molecular complexity index is 643. The topological polar surface area (TPSA) is 37.2 Å². The number of aryl methyl sites for hydroxylation is 1. The fourth-order valence-electron chi connectivity index (χ4n) is 3.01. The van der Waals surface area contributed by atoms with Crippen LogP contribution >= 0.6 is 0 Å². The van der Waals surface area contributed by atoms with Gasteiger partial charge in [-0.15, -0.1) is 0 Å². The molecular weight excluding hydrogens is 238 g/mol. The number of hydrogen-bond donors (Lipinski definition) is 0. The molecule has 0 N–H and O–H groups in total. The van der Waals surface area contributed by atoms with Crippen LogP contribution in [0.4, 0.5) is 0 Å². The van der Waals surface area contributed by atoms with Crippen molar-refractivity contribution in [1.29, 1.82) is 0 Å². The zero-order valence-corrected chi connectivity index (χ0v) is 10.9. The zero-order chi connectivity index (χ0) is 12.8. The van der Waals surface area contributed by atoms with E-state index in [9.17, 15) is 0 Å². The Morgan fingerprint density at radius 3 is 3.11 bits per heavy atom. The second-order valence-electron chi connectivity index (χ2n) is 4.99. The average Bonchev–Trinajstić information content (AvgIpc) is 2.94. The van der Waals surface area contributed by atoms with E-state index in [2.05, 4.69) is 27.0 Å². The maximum Gasteiger partial charge on any atom is 0.134 e. The van der Waals surface area contributed by atoms with Gasteiger partial charge >= 0.3 is 0 Å². The Kier molecular flexibility index (Phi) is 2.24. The molecular formula is C15H15N3O. The average molecular weight is 253 g/mol. The van der Waals surface area contributed by atoms with Gasteiger partial charge in [0.05, 0.1) is 25.7 Å². The van der Waals surface area contributed by atoms with Crippen molar-refractivity contribution in [2.45, 2.75) is 12.8 Å². The number of hydrogen-bond acceptors (Lipinski definition) is 4. The standard InChI is InChI=1S/C15H15N3O/c1-19-11-3-5-12-10(8-11)2-4-13-14(12)17-9-18-7-6-16-15(13)18/h3,5,8-9H,2,4,6-7H2,1H3. The van der Waals surface area contributed by atoms with Gasteiger partial charge in [0.2, 0.25) is 0 Å². The predicted molar refractivity (Wildman–Crippen MR) is 75.7 cm³/mol. The number of methoxy groups -OCH3 is 1. The lowest BCUT2D eigenvalue weighted by Crippen LogP contribution is -2.32. The first-order valence-corrected chi connectivity index (χ1v) is 6.63. The van der Waals surface area contributed by atoms with Gasteiger partial charge in [0.25, 0.3) is 0 Å². The van der Waals surface area contributed by atoms with Crippen LogP contribution < -0.4 is 4.74 Å². The molecule has 1 aromatic carbocycles. The third-order valence-electron chi connectivity index (χ3n) is 3.97. The van der Waals surface area contributed by atoms with Gasteiger partial charge in [-0.25, -0.2) is 4.99 Å². The lowest BCUT2D eigenvalue weighted by molar-refractivity contribution is 0.414. The molecule has 0 radical (unpaired) electrons. The van der Waals surface area contributed by atoms with E-state index in [1.165, 1.54) is 16.7 Å². The predicted octanol–water partition coefficient (Wildman–Crippen LogP) is 2.11. The van der Waals surface area contributed by atoms with Crippen LogP contribution in [0.2, 0.25) is 0 Å². The fourth-order valence-corrected chi connectivity index (χ4v) is 3.01. The number of nitrogens with zero attached hydrogens (tertiary/aromatic N) is 3. The van der Waals surface area contributed by atoms with E-state index in [-0.39, 0.29) is 0 Å². The van der Waals surface area contributed by atoms with E-state index in [1.54, 1.807) is 7.11 Å². The first kappa shape index (κ1) is 10.8. The number of benzene rings is 1. The van der Waals surface area contributed by atoms with E-state index < -0.39 is 0 Å².